The Hall–Kier alpha value is -1.02. The number of rotatable bonds is 7. The highest BCUT2D eigenvalue weighted by atomic mass is 127. The molecule has 0 spiro atoms. The van der Waals surface area contributed by atoms with Crippen LogP contribution in [0.25, 0.3) is 0 Å². The van der Waals surface area contributed by atoms with Crippen molar-refractivity contribution in [2.75, 3.05) is 26.2 Å². The smallest absolute Gasteiger partial charge is 0.216 e. The SMILES string of the molecule is CCNC(=NCCc1ccc(Cl)cc1)NCCNC(C)=O.I. The average molecular weight is 439 g/mol. The molecule has 5 nitrogen and oxygen atoms in total. The quantitative estimate of drug-likeness (QED) is 0.265. The monoisotopic (exact) mass is 438 g/mol. The summed E-state index contributed by atoms with van der Waals surface area (Å²) in [6, 6.07) is 7.79. The number of carbonyl (C=O) groups is 1. The summed E-state index contributed by atoms with van der Waals surface area (Å²) in [4.78, 5) is 15.3. The van der Waals surface area contributed by atoms with E-state index in [1.807, 2.05) is 31.2 Å². The number of nitrogens with one attached hydrogen (secondary N) is 3. The first-order chi connectivity index (χ1) is 10.1. The summed E-state index contributed by atoms with van der Waals surface area (Å²) in [7, 11) is 0. The molecule has 1 aromatic carbocycles. The van der Waals surface area contributed by atoms with Gasteiger partial charge in [-0.1, -0.05) is 23.7 Å². The van der Waals surface area contributed by atoms with Gasteiger partial charge in [0.2, 0.25) is 5.91 Å². The van der Waals surface area contributed by atoms with Crippen LogP contribution in [-0.4, -0.2) is 38.0 Å². The second-order valence-corrected chi connectivity index (χ2v) is 4.98. The van der Waals surface area contributed by atoms with E-state index in [4.69, 9.17) is 11.6 Å². The molecular weight excluding hydrogens is 415 g/mol. The Bertz CT molecular complexity index is 465. The van der Waals surface area contributed by atoms with E-state index >= 15 is 0 Å². The van der Waals surface area contributed by atoms with Gasteiger partial charge in [-0.05, 0) is 31.0 Å². The van der Waals surface area contributed by atoms with Crippen LogP contribution in [0.5, 0.6) is 0 Å². The first-order valence-corrected chi connectivity index (χ1v) is 7.50. The summed E-state index contributed by atoms with van der Waals surface area (Å²) in [5, 5.41) is 9.82. The standard InChI is InChI=1S/C15H23ClN4O.HI/c1-3-17-15(20-11-10-18-12(2)21)19-9-8-13-4-6-14(16)7-5-13;/h4-7H,3,8-11H2,1-2H3,(H,18,21)(H2,17,19,20);1H. The number of guanidine groups is 1. The van der Waals surface area contributed by atoms with E-state index in [9.17, 15) is 4.79 Å². The van der Waals surface area contributed by atoms with Gasteiger partial charge in [0.05, 0.1) is 0 Å². The molecule has 22 heavy (non-hydrogen) atoms. The van der Waals surface area contributed by atoms with Gasteiger partial charge < -0.3 is 16.0 Å². The highest BCUT2D eigenvalue weighted by Gasteiger charge is 1.98. The Morgan fingerprint density at radius 1 is 1.14 bits per heavy atom. The zero-order chi connectivity index (χ0) is 15.5. The number of halogens is 2. The fourth-order valence-electron chi connectivity index (χ4n) is 1.71. The van der Waals surface area contributed by atoms with Crippen LogP contribution in [0.2, 0.25) is 5.02 Å². The number of amides is 1. The van der Waals surface area contributed by atoms with Crippen LogP contribution < -0.4 is 16.0 Å². The Kier molecular flexibility index (Phi) is 11.9. The van der Waals surface area contributed by atoms with Crippen molar-refractivity contribution in [3.05, 3.63) is 34.9 Å². The molecule has 0 saturated carbocycles. The highest BCUT2D eigenvalue weighted by Crippen LogP contribution is 2.09. The van der Waals surface area contributed by atoms with E-state index < -0.39 is 0 Å². The number of nitrogens with zero attached hydrogens (tertiary/aromatic N) is 1. The molecule has 0 aliphatic heterocycles. The maximum Gasteiger partial charge on any atom is 0.216 e. The second-order valence-electron chi connectivity index (χ2n) is 4.55. The van der Waals surface area contributed by atoms with E-state index in [2.05, 4.69) is 20.9 Å². The summed E-state index contributed by atoms with van der Waals surface area (Å²) < 4.78 is 0. The maximum absolute atomic E-state index is 10.8. The minimum Gasteiger partial charge on any atom is -0.357 e. The Labute approximate surface area is 154 Å². The molecule has 124 valence electrons. The van der Waals surface area contributed by atoms with Crippen LogP contribution in [0.3, 0.4) is 0 Å². The zero-order valence-electron chi connectivity index (χ0n) is 13.0. The minimum atomic E-state index is -0.0264. The Balaban J connectivity index is 0.00000441. The van der Waals surface area contributed by atoms with Crippen LogP contribution in [-0.2, 0) is 11.2 Å². The van der Waals surface area contributed by atoms with E-state index in [0.717, 1.165) is 23.9 Å². The van der Waals surface area contributed by atoms with Crippen molar-refractivity contribution < 1.29 is 4.79 Å². The molecule has 0 bridgehead atoms. The third-order valence-electron chi connectivity index (χ3n) is 2.72. The predicted molar refractivity (Wildman–Crippen MR) is 103 cm³/mol. The molecule has 0 radical (unpaired) electrons. The molecule has 1 amide bonds. The fraction of sp³-hybridized carbons (Fsp3) is 0.467. The van der Waals surface area contributed by atoms with Gasteiger partial charge in [0, 0.05) is 38.1 Å². The van der Waals surface area contributed by atoms with Crippen LogP contribution in [0.4, 0.5) is 0 Å². The van der Waals surface area contributed by atoms with Crippen molar-refractivity contribution >= 4 is 47.4 Å². The highest BCUT2D eigenvalue weighted by molar-refractivity contribution is 14.0. The van der Waals surface area contributed by atoms with Crippen LogP contribution in [0.1, 0.15) is 19.4 Å². The van der Waals surface area contributed by atoms with E-state index in [1.54, 1.807) is 0 Å². The first kappa shape index (κ1) is 21.0. The Morgan fingerprint density at radius 2 is 1.77 bits per heavy atom. The first-order valence-electron chi connectivity index (χ1n) is 7.13. The Morgan fingerprint density at radius 3 is 2.36 bits per heavy atom. The lowest BCUT2D eigenvalue weighted by Crippen LogP contribution is -2.41. The van der Waals surface area contributed by atoms with Crippen LogP contribution in [0, 0.1) is 0 Å². The van der Waals surface area contributed by atoms with E-state index in [0.29, 0.717) is 19.6 Å². The fourth-order valence-corrected chi connectivity index (χ4v) is 1.84. The summed E-state index contributed by atoms with van der Waals surface area (Å²) in [5.41, 5.74) is 1.21. The molecule has 3 N–H and O–H groups in total. The van der Waals surface area contributed by atoms with Gasteiger partial charge in [0.25, 0.3) is 0 Å². The van der Waals surface area contributed by atoms with Crippen molar-refractivity contribution in [3.8, 4) is 0 Å². The molecule has 0 heterocycles. The van der Waals surface area contributed by atoms with Crippen molar-refractivity contribution in [2.45, 2.75) is 20.3 Å². The van der Waals surface area contributed by atoms with Gasteiger partial charge in [-0.3, -0.25) is 9.79 Å². The number of aliphatic imine (C=N–C) groups is 1. The molecule has 1 rings (SSSR count). The van der Waals surface area contributed by atoms with E-state index in [1.165, 1.54) is 12.5 Å². The molecule has 0 atom stereocenters. The third-order valence-corrected chi connectivity index (χ3v) is 2.97. The van der Waals surface area contributed by atoms with Crippen molar-refractivity contribution in [3.63, 3.8) is 0 Å². The van der Waals surface area contributed by atoms with Crippen LogP contribution >= 0.6 is 35.6 Å². The molecule has 0 aliphatic carbocycles. The maximum atomic E-state index is 10.8. The predicted octanol–water partition coefficient (Wildman–Crippen LogP) is 2.19. The second kappa shape index (κ2) is 12.5. The van der Waals surface area contributed by atoms with Crippen molar-refractivity contribution in [2.24, 2.45) is 4.99 Å². The number of carbonyl (C=O) groups excluding carboxylic acids is 1. The summed E-state index contributed by atoms with van der Waals surface area (Å²) >= 11 is 5.85. The summed E-state index contributed by atoms with van der Waals surface area (Å²) in [6.45, 7) is 6.24. The molecule has 0 fully saturated rings. The van der Waals surface area contributed by atoms with Gasteiger partial charge in [-0.15, -0.1) is 24.0 Å². The lowest BCUT2D eigenvalue weighted by Gasteiger charge is -2.11. The molecule has 7 heteroatoms. The molecular formula is C15H24ClIN4O. The number of benzene rings is 1. The molecule has 1 aromatic rings. The average Bonchev–Trinajstić information content (AvgIpc) is 2.45. The summed E-state index contributed by atoms with van der Waals surface area (Å²) in [5.74, 6) is 0.735. The number of hydrogen-bond donors (Lipinski definition) is 3. The van der Waals surface area contributed by atoms with Gasteiger partial charge >= 0.3 is 0 Å². The minimum absolute atomic E-state index is 0. The lowest BCUT2D eigenvalue weighted by atomic mass is 10.1. The van der Waals surface area contributed by atoms with Gasteiger partial charge in [-0.25, -0.2) is 0 Å². The topological polar surface area (TPSA) is 65.5 Å². The van der Waals surface area contributed by atoms with E-state index in [-0.39, 0.29) is 29.9 Å². The van der Waals surface area contributed by atoms with Crippen molar-refractivity contribution in [1.29, 1.82) is 0 Å². The molecule has 0 saturated heterocycles. The van der Waals surface area contributed by atoms with Gasteiger partial charge in [0.1, 0.15) is 0 Å². The third kappa shape index (κ3) is 9.83. The number of hydrogen-bond acceptors (Lipinski definition) is 2. The van der Waals surface area contributed by atoms with Crippen molar-refractivity contribution in [1.82, 2.24) is 16.0 Å². The zero-order valence-corrected chi connectivity index (χ0v) is 16.1. The largest absolute Gasteiger partial charge is 0.357 e. The molecule has 0 aliphatic rings. The molecule has 0 unspecified atom stereocenters. The van der Waals surface area contributed by atoms with Gasteiger partial charge in [0.15, 0.2) is 5.96 Å². The summed E-state index contributed by atoms with van der Waals surface area (Å²) in [6.07, 6.45) is 0.861. The van der Waals surface area contributed by atoms with Crippen LogP contribution in [0.15, 0.2) is 29.3 Å². The van der Waals surface area contributed by atoms with Gasteiger partial charge in [-0.2, -0.15) is 0 Å². The molecule has 0 aromatic heterocycles. The normalized spacial score (nSPS) is 10.6. The lowest BCUT2D eigenvalue weighted by molar-refractivity contribution is -0.118.